The predicted molar refractivity (Wildman–Crippen MR) is 69.2 cm³/mol. The lowest BCUT2D eigenvalue weighted by Crippen LogP contribution is -2.27. The Hall–Kier alpha value is -2.90. The van der Waals surface area contributed by atoms with Crippen molar-refractivity contribution in [3.05, 3.63) is 52.6 Å². The second-order valence-corrected chi connectivity index (χ2v) is 3.95. The molecular weight excluding hydrogens is 264 g/mol. The molecule has 1 aromatic heterocycles. The number of amides is 1. The van der Waals surface area contributed by atoms with Gasteiger partial charge in [-0.2, -0.15) is 0 Å². The Labute approximate surface area is 114 Å². The van der Waals surface area contributed by atoms with Crippen LogP contribution >= 0.6 is 0 Å². The zero-order valence-corrected chi connectivity index (χ0v) is 10.6. The first-order valence-electron chi connectivity index (χ1n) is 5.72. The van der Waals surface area contributed by atoms with Crippen LogP contribution in [0.5, 0.6) is 5.75 Å². The van der Waals surface area contributed by atoms with Crippen molar-refractivity contribution < 1.29 is 14.5 Å². The number of aromatic nitrogens is 2. The molecule has 1 heterocycles. The fourth-order valence-electron chi connectivity index (χ4n) is 1.50. The lowest BCUT2D eigenvalue weighted by atomic mass is 10.3. The summed E-state index contributed by atoms with van der Waals surface area (Å²) in [6.45, 7) is 0.231. The first-order chi connectivity index (χ1) is 9.56. The Bertz CT molecular complexity index is 621. The number of benzene rings is 1. The molecule has 0 unspecified atom stereocenters. The number of nitro benzene ring substituents is 1. The van der Waals surface area contributed by atoms with Gasteiger partial charge in [0.1, 0.15) is 11.6 Å². The van der Waals surface area contributed by atoms with Gasteiger partial charge in [-0.25, -0.2) is 9.78 Å². The monoisotopic (exact) mass is 276 g/mol. The second-order valence-electron chi connectivity index (χ2n) is 3.95. The van der Waals surface area contributed by atoms with Gasteiger partial charge >= 0.3 is 6.09 Å². The van der Waals surface area contributed by atoms with Crippen LogP contribution in [0.1, 0.15) is 5.82 Å². The SMILES string of the molecule is Cn1ccnc1CNC(=O)Oc1ccc([N+](=O)[O-])cc1. The van der Waals surface area contributed by atoms with E-state index in [2.05, 4.69) is 10.3 Å². The molecule has 0 aliphatic heterocycles. The van der Waals surface area contributed by atoms with Crippen molar-refractivity contribution in [2.24, 2.45) is 7.05 Å². The molecule has 0 radical (unpaired) electrons. The summed E-state index contributed by atoms with van der Waals surface area (Å²) >= 11 is 0. The molecule has 8 heteroatoms. The Morgan fingerprint density at radius 1 is 1.45 bits per heavy atom. The maximum atomic E-state index is 11.5. The molecule has 1 N–H and O–H groups in total. The van der Waals surface area contributed by atoms with E-state index in [0.717, 1.165) is 0 Å². The van der Waals surface area contributed by atoms with Gasteiger partial charge in [0.05, 0.1) is 11.5 Å². The summed E-state index contributed by atoms with van der Waals surface area (Å²) < 4.78 is 6.75. The standard InChI is InChI=1S/C12H12N4O4/c1-15-7-6-13-11(15)8-14-12(17)20-10-4-2-9(3-5-10)16(18)19/h2-7H,8H2,1H3,(H,14,17). The first kappa shape index (κ1) is 13.5. The van der Waals surface area contributed by atoms with Crippen molar-refractivity contribution in [1.82, 2.24) is 14.9 Å². The molecular formula is C12H12N4O4. The highest BCUT2D eigenvalue weighted by Crippen LogP contribution is 2.17. The number of nitrogens with one attached hydrogen (secondary N) is 1. The maximum Gasteiger partial charge on any atom is 0.412 e. The van der Waals surface area contributed by atoms with E-state index in [1.165, 1.54) is 24.3 Å². The average Bonchev–Trinajstić information content (AvgIpc) is 2.82. The zero-order valence-electron chi connectivity index (χ0n) is 10.6. The molecule has 0 fully saturated rings. The number of hydrogen-bond acceptors (Lipinski definition) is 5. The second kappa shape index (κ2) is 5.83. The Kier molecular flexibility index (Phi) is 3.94. The minimum absolute atomic E-state index is 0.0641. The van der Waals surface area contributed by atoms with Crippen molar-refractivity contribution in [3.8, 4) is 5.75 Å². The number of ether oxygens (including phenoxy) is 1. The van der Waals surface area contributed by atoms with Crippen LogP contribution in [-0.4, -0.2) is 20.6 Å². The molecule has 2 aromatic rings. The smallest absolute Gasteiger partial charge is 0.410 e. The van der Waals surface area contributed by atoms with Gasteiger partial charge < -0.3 is 14.6 Å². The molecule has 20 heavy (non-hydrogen) atoms. The number of carbonyl (C=O) groups is 1. The van der Waals surface area contributed by atoms with Gasteiger partial charge in [0.25, 0.3) is 5.69 Å². The number of nitrogens with zero attached hydrogens (tertiary/aromatic N) is 3. The number of imidazole rings is 1. The highest BCUT2D eigenvalue weighted by molar-refractivity contribution is 5.70. The fraction of sp³-hybridized carbons (Fsp3) is 0.167. The van der Waals surface area contributed by atoms with Crippen LogP contribution in [0, 0.1) is 10.1 Å². The summed E-state index contributed by atoms with van der Waals surface area (Å²) in [5.41, 5.74) is -0.0641. The summed E-state index contributed by atoms with van der Waals surface area (Å²) in [5, 5.41) is 13.0. The topological polar surface area (TPSA) is 99.3 Å². The van der Waals surface area contributed by atoms with Crippen molar-refractivity contribution in [3.63, 3.8) is 0 Å². The van der Waals surface area contributed by atoms with E-state index < -0.39 is 11.0 Å². The van der Waals surface area contributed by atoms with Gasteiger partial charge in [-0.1, -0.05) is 0 Å². The molecule has 104 valence electrons. The molecule has 0 spiro atoms. The number of aryl methyl sites for hydroxylation is 1. The van der Waals surface area contributed by atoms with Crippen molar-refractivity contribution in [2.45, 2.75) is 6.54 Å². The van der Waals surface area contributed by atoms with Gasteiger partial charge in [0, 0.05) is 31.6 Å². The lowest BCUT2D eigenvalue weighted by molar-refractivity contribution is -0.384. The van der Waals surface area contributed by atoms with Gasteiger partial charge in [-0.05, 0) is 12.1 Å². The number of hydrogen-bond donors (Lipinski definition) is 1. The quantitative estimate of drug-likeness (QED) is 0.675. The Balaban J connectivity index is 1.88. The van der Waals surface area contributed by atoms with Crippen LogP contribution in [-0.2, 0) is 13.6 Å². The molecule has 0 atom stereocenters. The maximum absolute atomic E-state index is 11.5. The van der Waals surface area contributed by atoms with Gasteiger partial charge in [-0.3, -0.25) is 10.1 Å². The van der Waals surface area contributed by atoms with Crippen LogP contribution in [0.4, 0.5) is 10.5 Å². The number of non-ortho nitro benzene ring substituents is 1. The number of carbonyl (C=O) groups excluding carboxylic acids is 1. The minimum atomic E-state index is -0.651. The molecule has 1 aromatic carbocycles. The normalized spacial score (nSPS) is 10.1. The highest BCUT2D eigenvalue weighted by atomic mass is 16.6. The van der Waals surface area contributed by atoms with E-state index in [1.54, 1.807) is 17.0 Å². The van der Waals surface area contributed by atoms with E-state index in [-0.39, 0.29) is 18.0 Å². The minimum Gasteiger partial charge on any atom is -0.410 e. The summed E-state index contributed by atoms with van der Waals surface area (Å²) in [5.74, 6) is 0.915. The van der Waals surface area contributed by atoms with Crippen molar-refractivity contribution in [1.29, 1.82) is 0 Å². The highest BCUT2D eigenvalue weighted by Gasteiger charge is 2.08. The zero-order chi connectivity index (χ0) is 14.5. The summed E-state index contributed by atoms with van der Waals surface area (Å²) in [7, 11) is 1.81. The average molecular weight is 276 g/mol. The molecule has 0 bridgehead atoms. The van der Waals surface area contributed by atoms with Gasteiger partial charge in [-0.15, -0.1) is 0 Å². The molecule has 0 aliphatic rings. The van der Waals surface area contributed by atoms with Crippen LogP contribution in [0.25, 0.3) is 0 Å². The third-order valence-corrected chi connectivity index (χ3v) is 2.57. The molecule has 0 aliphatic carbocycles. The molecule has 2 rings (SSSR count). The lowest BCUT2D eigenvalue weighted by Gasteiger charge is -2.06. The Morgan fingerprint density at radius 2 is 2.15 bits per heavy atom. The van der Waals surface area contributed by atoms with E-state index in [0.29, 0.717) is 5.82 Å². The summed E-state index contributed by atoms with van der Waals surface area (Å²) in [4.78, 5) is 25.5. The van der Waals surface area contributed by atoms with E-state index >= 15 is 0 Å². The van der Waals surface area contributed by atoms with Crippen molar-refractivity contribution >= 4 is 11.8 Å². The van der Waals surface area contributed by atoms with Gasteiger partial charge in [0.15, 0.2) is 0 Å². The van der Waals surface area contributed by atoms with Crippen LogP contribution in [0.3, 0.4) is 0 Å². The van der Waals surface area contributed by atoms with Crippen LogP contribution in [0.2, 0.25) is 0 Å². The molecule has 0 saturated carbocycles. The third kappa shape index (κ3) is 3.31. The predicted octanol–water partition coefficient (Wildman–Crippen LogP) is 1.62. The summed E-state index contributed by atoms with van der Waals surface area (Å²) in [6, 6.07) is 5.25. The van der Waals surface area contributed by atoms with Crippen molar-refractivity contribution in [2.75, 3.05) is 0 Å². The third-order valence-electron chi connectivity index (χ3n) is 2.57. The first-order valence-corrected chi connectivity index (χ1v) is 5.72. The molecule has 8 nitrogen and oxygen atoms in total. The van der Waals surface area contributed by atoms with Crippen LogP contribution < -0.4 is 10.1 Å². The molecule has 0 saturated heterocycles. The summed E-state index contributed by atoms with van der Waals surface area (Å²) in [6.07, 6.45) is 2.74. The Morgan fingerprint density at radius 3 is 2.70 bits per heavy atom. The fourth-order valence-corrected chi connectivity index (χ4v) is 1.50. The van der Waals surface area contributed by atoms with E-state index in [9.17, 15) is 14.9 Å². The van der Waals surface area contributed by atoms with Gasteiger partial charge in [0.2, 0.25) is 0 Å². The molecule has 1 amide bonds. The number of nitro groups is 1. The number of rotatable bonds is 4. The largest absolute Gasteiger partial charge is 0.412 e. The van der Waals surface area contributed by atoms with E-state index in [1.807, 2.05) is 7.05 Å². The van der Waals surface area contributed by atoms with E-state index in [4.69, 9.17) is 4.74 Å². The van der Waals surface area contributed by atoms with Crippen LogP contribution in [0.15, 0.2) is 36.7 Å².